The number of halogens is 1. The first kappa shape index (κ1) is 14.4. The van der Waals surface area contributed by atoms with Gasteiger partial charge in [-0.1, -0.05) is 42.5 Å². The van der Waals surface area contributed by atoms with Gasteiger partial charge in [0.1, 0.15) is 5.75 Å². The van der Waals surface area contributed by atoms with Crippen molar-refractivity contribution in [3.8, 4) is 16.9 Å². The lowest BCUT2D eigenvalue weighted by Crippen LogP contribution is -1.78. The van der Waals surface area contributed by atoms with Gasteiger partial charge in [-0.2, -0.15) is 0 Å². The van der Waals surface area contributed by atoms with E-state index in [1.54, 1.807) is 12.1 Å². The summed E-state index contributed by atoms with van der Waals surface area (Å²) in [4.78, 5) is 0. The van der Waals surface area contributed by atoms with E-state index in [9.17, 15) is 5.11 Å². The van der Waals surface area contributed by atoms with Crippen molar-refractivity contribution in [1.29, 1.82) is 0 Å². The summed E-state index contributed by atoms with van der Waals surface area (Å²) in [5.41, 5.74) is 2.36. The average Bonchev–Trinajstić information content (AvgIpc) is 2.86. The maximum Gasteiger partial charge on any atom is 0.115 e. The van der Waals surface area contributed by atoms with Crippen molar-refractivity contribution < 1.29 is 5.11 Å². The minimum atomic E-state index is 0. The zero-order valence-corrected chi connectivity index (χ0v) is 14.3. The molecule has 0 aliphatic carbocycles. The van der Waals surface area contributed by atoms with Gasteiger partial charge in [0.15, 0.2) is 0 Å². The molecule has 0 saturated heterocycles. The maximum absolute atomic E-state index is 9.45. The predicted octanol–water partition coefficient (Wildman–Crippen LogP) is 6.05. The first-order valence-electron chi connectivity index (χ1n) is 6.52. The largest absolute Gasteiger partial charge is 0.508 e. The normalized spacial score (nSPS) is 10.7. The lowest BCUT2D eigenvalue weighted by molar-refractivity contribution is 0.475. The number of thiophene rings is 1. The van der Waals surface area contributed by atoms with Crippen molar-refractivity contribution >= 4 is 55.5 Å². The van der Waals surface area contributed by atoms with Gasteiger partial charge in [0, 0.05) is 20.2 Å². The molecule has 0 saturated carbocycles. The van der Waals surface area contributed by atoms with Gasteiger partial charge in [0.25, 0.3) is 0 Å². The number of benzene rings is 3. The van der Waals surface area contributed by atoms with Crippen molar-refractivity contribution in [2.24, 2.45) is 0 Å². The van der Waals surface area contributed by atoms with Crippen LogP contribution in [0, 0.1) is 0 Å². The van der Waals surface area contributed by atoms with Crippen LogP contribution in [-0.4, -0.2) is 5.11 Å². The second-order valence-corrected chi connectivity index (χ2v) is 5.91. The van der Waals surface area contributed by atoms with E-state index in [4.69, 9.17) is 0 Å². The van der Waals surface area contributed by atoms with E-state index in [0.717, 1.165) is 5.56 Å². The maximum atomic E-state index is 9.45. The molecule has 0 amide bonds. The molecular weight excluding hydrogens is 391 g/mol. The molecule has 0 bridgehead atoms. The molecule has 1 aromatic heterocycles. The Morgan fingerprint density at radius 2 is 1.43 bits per heavy atom. The molecule has 1 heterocycles. The molecule has 0 aliphatic rings. The molecule has 0 radical (unpaired) electrons. The number of phenolic OH excluding ortho intramolecular Hbond substituents is 1. The van der Waals surface area contributed by atoms with Crippen LogP contribution in [-0.2, 0) is 0 Å². The number of phenols is 1. The third kappa shape index (κ3) is 2.40. The number of hydrogen-bond donors (Lipinski definition) is 1. The smallest absolute Gasteiger partial charge is 0.115 e. The third-order valence-electron chi connectivity index (χ3n) is 3.58. The summed E-state index contributed by atoms with van der Waals surface area (Å²) in [7, 11) is 0. The van der Waals surface area contributed by atoms with E-state index in [0.29, 0.717) is 5.75 Å². The molecule has 3 heteroatoms. The highest BCUT2D eigenvalue weighted by Crippen LogP contribution is 2.39. The van der Waals surface area contributed by atoms with Crippen LogP contribution in [0.25, 0.3) is 31.3 Å². The summed E-state index contributed by atoms with van der Waals surface area (Å²) in [6.45, 7) is 0. The zero-order chi connectivity index (χ0) is 13.5. The molecule has 4 aromatic rings. The summed E-state index contributed by atoms with van der Waals surface area (Å²) in [6, 6.07) is 22.3. The highest BCUT2D eigenvalue weighted by Gasteiger charge is 2.10. The van der Waals surface area contributed by atoms with Crippen molar-refractivity contribution in [1.82, 2.24) is 0 Å². The first-order chi connectivity index (χ1) is 9.83. The van der Waals surface area contributed by atoms with Crippen molar-refractivity contribution in [3.63, 3.8) is 0 Å². The minimum Gasteiger partial charge on any atom is -0.508 e. The molecule has 0 unspecified atom stereocenters. The van der Waals surface area contributed by atoms with Crippen LogP contribution in [0.5, 0.6) is 5.75 Å². The van der Waals surface area contributed by atoms with E-state index in [-0.39, 0.29) is 24.0 Å². The SMILES string of the molecule is I.Oc1ccc(-c2cccc3sc4ccccc4c23)cc1. The van der Waals surface area contributed by atoms with E-state index in [1.165, 1.54) is 25.7 Å². The molecule has 4 rings (SSSR count). The van der Waals surface area contributed by atoms with Crippen LogP contribution in [0.15, 0.2) is 66.7 Å². The monoisotopic (exact) mass is 404 g/mol. The Labute approximate surface area is 143 Å². The van der Waals surface area contributed by atoms with Gasteiger partial charge in [-0.25, -0.2) is 0 Å². The second kappa shape index (κ2) is 5.66. The van der Waals surface area contributed by atoms with Crippen LogP contribution in [0.1, 0.15) is 0 Å². The summed E-state index contributed by atoms with van der Waals surface area (Å²) in [5, 5.41) is 12.1. The van der Waals surface area contributed by atoms with Gasteiger partial charge < -0.3 is 5.11 Å². The third-order valence-corrected chi connectivity index (χ3v) is 4.72. The molecule has 1 nitrogen and oxygen atoms in total. The quantitative estimate of drug-likeness (QED) is 0.383. The molecule has 3 aromatic carbocycles. The Hall–Kier alpha value is -1.59. The standard InChI is InChI=1S/C18H12OS.HI/c19-13-10-8-12(9-11-13)14-5-3-7-17-18(14)15-4-1-2-6-16(15)20-17;/h1-11,19H;1H. The highest BCUT2D eigenvalue weighted by molar-refractivity contribution is 14.0. The Bertz CT molecular complexity index is 909. The minimum absolute atomic E-state index is 0. The van der Waals surface area contributed by atoms with Crippen molar-refractivity contribution in [2.75, 3.05) is 0 Å². The fourth-order valence-corrected chi connectivity index (χ4v) is 3.79. The van der Waals surface area contributed by atoms with E-state index < -0.39 is 0 Å². The van der Waals surface area contributed by atoms with Crippen molar-refractivity contribution in [3.05, 3.63) is 66.7 Å². The number of rotatable bonds is 1. The Balaban J connectivity index is 0.00000132. The molecule has 0 atom stereocenters. The second-order valence-electron chi connectivity index (χ2n) is 4.82. The van der Waals surface area contributed by atoms with Crippen LogP contribution in [0.3, 0.4) is 0 Å². The summed E-state index contributed by atoms with van der Waals surface area (Å²) < 4.78 is 2.62. The number of hydrogen-bond acceptors (Lipinski definition) is 2. The topological polar surface area (TPSA) is 20.2 Å². The highest BCUT2D eigenvalue weighted by atomic mass is 127. The molecule has 0 aliphatic heterocycles. The van der Waals surface area contributed by atoms with Gasteiger partial charge in [-0.15, -0.1) is 35.3 Å². The zero-order valence-electron chi connectivity index (χ0n) is 11.1. The summed E-state index contributed by atoms with van der Waals surface area (Å²) in [5.74, 6) is 0.302. The molecule has 1 N–H and O–H groups in total. The van der Waals surface area contributed by atoms with E-state index >= 15 is 0 Å². The molecule has 104 valence electrons. The lowest BCUT2D eigenvalue weighted by atomic mass is 9.99. The Kier molecular flexibility index (Phi) is 3.87. The van der Waals surface area contributed by atoms with E-state index in [1.807, 2.05) is 23.5 Å². The van der Waals surface area contributed by atoms with Gasteiger partial charge in [-0.3, -0.25) is 0 Å². The van der Waals surface area contributed by atoms with Gasteiger partial charge in [-0.05, 0) is 35.4 Å². The van der Waals surface area contributed by atoms with Crippen LogP contribution >= 0.6 is 35.3 Å². The van der Waals surface area contributed by atoms with Gasteiger partial charge in [0.05, 0.1) is 0 Å². The summed E-state index contributed by atoms with van der Waals surface area (Å²) >= 11 is 1.82. The molecule has 21 heavy (non-hydrogen) atoms. The fraction of sp³-hybridized carbons (Fsp3) is 0. The molecule has 0 spiro atoms. The van der Waals surface area contributed by atoms with Crippen LogP contribution in [0.2, 0.25) is 0 Å². The van der Waals surface area contributed by atoms with Crippen LogP contribution < -0.4 is 0 Å². The first-order valence-corrected chi connectivity index (χ1v) is 7.34. The lowest BCUT2D eigenvalue weighted by Gasteiger charge is -2.05. The predicted molar refractivity (Wildman–Crippen MR) is 102 cm³/mol. The molecular formula is C18H13IOS. The van der Waals surface area contributed by atoms with Crippen LogP contribution in [0.4, 0.5) is 0 Å². The summed E-state index contributed by atoms with van der Waals surface area (Å²) in [6.07, 6.45) is 0. The van der Waals surface area contributed by atoms with E-state index in [2.05, 4.69) is 42.5 Å². The fourth-order valence-electron chi connectivity index (χ4n) is 2.66. The van der Waals surface area contributed by atoms with Gasteiger partial charge in [0.2, 0.25) is 0 Å². The van der Waals surface area contributed by atoms with Crippen molar-refractivity contribution in [2.45, 2.75) is 0 Å². The van der Waals surface area contributed by atoms with Gasteiger partial charge >= 0.3 is 0 Å². The molecule has 0 fully saturated rings. The number of fused-ring (bicyclic) bond motifs is 3. The number of aromatic hydroxyl groups is 1. The Morgan fingerprint density at radius 1 is 0.714 bits per heavy atom. The Morgan fingerprint density at radius 3 is 2.24 bits per heavy atom. The average molecular weight is 404 g/mol.